The van der Waals surface area contributed by atoms with Crippen molar-refractivity contribution in [3.05, 3.63) is 27.4 Å². The zero-order valence-electron chi connectivity index (χ0n) is 17.8. The molecule has 2 aliphatic heterocycles. The van der Waals surface area contributed by atoms with Gasteiger partial charge in [-0.15, -0.1) is 0 Å². The van der Waals surface area contributed by atoms with Crippen LogP contribution in [0.4, 0.5) is 26.2 Å². The van der Waals surface area contributed by atoms with Gasteiger partial charge < -0.3 is 25.4 Å². The van der Waals surface area contributed by atoms with Gasteiger partial charge in [-0.05, 0) is 49.9 Å². The first-order valence-corrected chi connectivity index (χ1v) is 11.0. The van der Waals surface area contributed by atoms with Gasteiger partial charge in [0.25, 0.3) is 0 Å². The van der Waals surface area contributed by atoms with Crippen LogP contribution in [0.25, 0.3) is 0 Å². The third-order valence-electron chi connectivity index (χ3n) is 5.21. The van der Waals surface area contributed by atoms with E-state index in [0.717, 1.165) is 0 Å². The molecule has 2 unspecified atom stereocenters. The Balaban J connectivity index is 0.000000186. The summed E-state index contributed by atoms with van der Waals surface area (Å²) in [5.41, 5.74) is 0.437. The number of nitrogens with two attached hydrogens (primary N) is 1. The second-order valence-corrected chi connectivity index (χ2v) is 9.42. The smallest absolute Gasteiger partial charge is 0.226 e. The minimum Gasteiger partial charge on any atom is -0.388 e. The molecule has 10 nitrogen and oxygen atoms in total. The van der Waals surface area contributed by atoms with E-state index in [2.05, 4.69) is 25.4 Å². The van der Waals surface area contributed by atoms with E-state index in [1.807, 2.05) is 0 Å². The Hall–Kier alpha value is -1.83. The number of nitrogens with one attached hydrogen (secondary N) is 1. The van der Waals surface area contributed by atoms with Gasteiger partial charge in [-0.2, -0.15) is 23.7 Å². The van der Waals surface area contributed by atoms with Crippen LogP contribution >= 0.6 is 34.8 Å². The fourth-order valence-corrected chi connectivity index (χ4v) is 4.10. The van der Waals surface area contributed by atoms with Crippen LogP contribution in [0, 0.1) is 11.6 Å². The van der Waals surface area contributed by atoms with Crippen LogP contribution in [0.2, 0.25) is 15.7 Å². The molecule has 2 aromatic heterocycles. The summed E-state index contributed by atoms with van der Waals surface area (Å²) >= 11 is 16.9. The zero-order valence-corrected chi connectivity index (χ0v) is 20.1. The van der Waals surface area contributed by atoms with E-state index in [1.54, 1.807) is 23.6 Å². The summed E-state index contributed by atoms with van der Waals surface area (Å²) in [7, 11) is 0. The van der Waals surface area contributed by atoms with E-state index >= 15 is 0 Å². The molecule has 33 heavy (non-hydrogen) atoms. The molecule has 2 aliphatic rings. The number of halogens is 5. The van der Waals surface area contributed by atoms with Crippen molar-refractivity contribution in [2.75, 3.05) is 41.4 Å². The summed E-state index contributed by atoms with van der Waals surface area (Å²) in [4.78, 5) is 17.9. The maximum absolute atomic E-state index is 13.9. The summed E-state index contributed by atoms with van der Waals surface area (Å²) < 4.78 is 27.6. The summed E-state index contributed by atoms with van der Waals surface area (Å²) in [5.74, 6) is 3.69. The Morgan fingerprint density at radius 1 is 0.848 bits per heavy atom. The van der Waals surface area contributed by atoms with Crippen LogP contribution in [-0.2, 0) is 0 Å². The Morgan fingerprint density at radius 2 is 1.30 bits per heavy atom. The number of rotatable bonds is 3. The molecule has 0 aromatic carbocycles. The van der Waals surface area contributed by atoms with Crippen molar-refractivity contribution in [1.29, 1.82) is 0 Å². The molecule has 4 rings (SSSR count). The van der Waals surface area contributed by atoms with Crippen molar-refractivity contribution < 1.29 is 19.0 Å². The molecule has 2 fully saturated rings. The molecule has 0 aliphatic carbocycles. The average molecular weight is 528 g/mol. The maximum Gasteiger partial charge on any atom is 0.226 e. The minimum atomic E-state index is -0.847. The van der Waals surface area contributed by atoms with E-state index in [-0.39, 0.29) is 33.2 Å². The van der Waals surface area contributed by atoms with Crippen molar-refractivity contribution in [2.45, 2.75) is 37.9 Å². The monoisotopic (exact) mass is 526 g/mol. The number of anilines is 3. The maximum atomic E-state index is 13.9. The number of β-amino-alcohol motifs (C(OH)–C–C–N with tert-alkyl or cyclic N) is 2. The second-order valence-electron chi connectivity index (χ2n) is 8.38. The van der Waals surface area contributed by atoms with Gasteiger partial charge in [0.15, 0.2) is 22.6 Å². The van der Waals surface area contributed by atoms with E-state index in [0.29, 0.717) is 39.0 Å². The van der Waals surface area contributed by atoms with Gasteiger partial charge in [0.1, 0.15) is 0 Å². The predicted octanol–water partition coefficient (Wildman–Crippen LogP) is 2.40. The highest BCUT2D eigenvalue weighted by Gasteiger charge is 2.35. The molecule has 0 spiro atoms. The number of hydrogen-bond donors (Lipinski definition) is 4. The highest BCUT2D eigenvalue weighted by Crippen LogP contribution is 2.31. The molecule has 0 saturated carbocycles. The number of aromatic nitrogens is 4. The third-order valence-corrected chi connectivity index (χ3v) is 5.80. The molecule has 15 heteroatoms. The number of nitrogen functional groups attached to an aromatic ring is 1. The number of aliphatic hydroxyl groups is 2. The highest BCUT2D eigenvalue weighted by molar-refractivity contribution is 6.32. The number of nitrogens with zero attached hydrogens (tertiary/aromatic N) is 6. The Kier molecular flexibility index (Phi) is 7.66. The van der Waals surface area contributed by atoms with Crippen LogP contribution in [0.3, 0.4) is 0 Å². The first-order valence-electron chi connectivity index (χ1n) is 9.85. The fourth-order valence-electron chi connectivity index (χ4n) is 3.56. The minimum absolute atomic E-state index is 0.0442. The van der Waals surface area contributed by atoms with Gasteiger partial charge in [-0.25, -0.2) is 10.8 Å². The molecular weight excluding hydrogens is 505 g/mol. The lowest BCUT2D eigenvalue weighted by molar-refractivity contribution is 0.0832. The predicted molar refractivity (Wildman–Crippen MR) is 122 cm³/mol. The summed E-state index contributed by atoms with van der Waals surface area (Å²) in [6.45, 7) is 4.98. The quantitative estimate of drug-likeness (QED) is 0.204. The van der Waals surface area contributed by atoms with E-state index in [9.17, 15) is 19.0 Å². The lowest BCUT2D eigenvalue weighted by Crippen LogP contribution is -2.31. The molecule has 4 heterocycles. The van der Waals surface area contributed by atoms with Crippen molar-refractivity contribution in [1.82, 2.24) is 19.9 Å². The highest BCUT2D eigenvalue weighted by atomic mass is 35.5. The Bertz CT molecular complexity index is 1030. The largest absolute Gasteiger partial charge is 0.388 e. The Morgan fingerprint density at radius 3 is 1.73 bits per heavy atom. The second kappa shape index (κ2) is 9.80. The molecule has 182 valence electrons. The molecule has 0 radical (unpaired) electrons. The Labute approximate surface area is 203 Å². The van der Waals surface area contributed by atoms with E-state index < -0.39 is 22.8 Å². The molecule has 5 N–H and O–H groups in total. The normalized spacial score (nSPS) is 24.7. The van der Waals surface area contributed by atoms with Crippen LogP contribution in [0.5, 0.6) is 0 Å². The standard InChI is InChI=1S/C9H10Cl2FN3O.C9H13ClFN5O/c1-9(16)2-3-15(4-9)7-5(12)6(10)13-8(11)14-7;1-9(17)2-3-16(4-9)7-5(11)6(15-12)13-8(10)14-7/h16H,2-4H2,1H3;17H,2-4,12H2,1H3,(H,13,14,15). The van der Waals surface area contributed by atoms with Gasteiger partial charge in [-0.1, -0.05) is 11.6 Å². The fraction of sp³-hybridized carbons (Fsp3) is 0.556. The molecule has 0 bridgehead atoms. The molecule has 2 atom stereocenters. The first kappa shape index (κ1) is 25.8. The number of hydrogen-bond acceptors (Lipinski definition) is 10. The van der Waals surface area contributed by atoms with Crippen LogP contribution in [0.1, 0.15) is 26.7 Å². The molecule has 2 aromatic rings. The van der Waals surface area contributed by atoms with Gasteiger partial charge in [-0.3, -0.25) is 0 Å². The molecular formula is C18H23Cl3F2N8O2. The van der Waals surface area contributed by atoms with Gasteiger partial charge >= 0.3 is 0 Å². The van der Waals surface area contributed by atoms with Crippen molar-refractivity contribution in [2.24, 2.45) is 5.84 Å². The SMILES string of the molecule is CC1(O)CCN(c2nc(Cl)nc(Cl)c2F)C1.CC1(O)CCN(c2nc(Cl)nc(NN)c2F)C1. The average Bonchev–Trinajstić information content (AvgIpc) is 3.27. The van der Waals surface area contributed by atoms with E-state index in [1.165, 1.54) is 0 Å². The van der Waals surface area contributed by atoms with Crippen molar-refractivity contribution >= 4 is 52.3 Å². The summed E-state index contributed by atoms with van der Waals surface area (Å²) in [6.07, 6.45) is 1.09. The molecule has 2 saturated heterocycles. The van der Waals surface area contributed by atoms with Crippen LogP contribution in [-0.4, -0.2) is 67.5 Å². The third kappa shape index (κ3) is 6.19. The van der Waals surface area contributed by atoms with E-state index in [4.69, 9.17) is 40.6 Å². The summed E-state index contributed by atoms with van der Waals surface area (Å²) in [5, 5.41) is 19.1. The van der Waals surface area contributed by atoms with Crippen molar-refractivity contribution in [3.63, 3.8) is 0 Å². The van der Waals surface area contributed by atoms with Crippen LogP contribution in [0.15, 0.2) is 0 Å². The summed E-state index contributed by atoms with van der Waals surface area (Å²) in [6, 6.07) is 0. The first-order chi connectivity index (χ1) is 15.3. The number of hydrazine groups is 1. The van der Waals surface area contributed by atoms with Gasteiger partial charge in [0, 0.05) is 26.2 Å². The zero-order chi connectivity index (χ0) is 24.6. The van der Waals surface area contributed by atoms with Gasteiger partial charge in [0.2, 0.25) is 22.2 Å². The molecule has 0 amide bonds. The topological polar surface area (TPSA) is 137 Å². The van der Waals surface area contributed by atoms with Crippen molar-refractivity contribution in [3.8, 4) is 0 Å². The lowest BCUT2D eigenvalue weighted by atomic mass is 10.1. The van der Waals surface area contributed by atoms with Gasteiger partial charge in [0.05, 0.1) is 11.2 Å². The lowest BCUT2D eigenvalue weighted by Gasteiger charge is -2.20. The van der Waals surface area contributed by atoms with Crippen LogP contribution < -0.4 is 21.1 Å².